The normalized spacial score (nSPS) is 11.7. The summed E-state index contributed by atoms with van der Waals surface area (Å²) < 4.78 is 11.2. The maximum Gasteiger partial charge on any atom is 0.265 e. The van der Waals surface area contributed by atoms with Crippen LogP contribution in [0.2, 0.25) is 5.02 Å². The van der Waals surface area contributed by atoms with E-state index in [4.69, 9.17) is 21.1 Å². The van der Waals surface area contributed by atoms with Gasteiger partial charge in [0.2, 0.25) is 0 Å². The molecule has 0 aromatic heterocycles. The minimum Gasteiger partial charge on any atom is -0.495 e. The number of rotatable bonds is 6. The number of anilines is 1. The largest absolute Gasteiger partial charge is 0.495 e. The van der Waals surface area contributed by atoms with Gasteiger partial charge in [-0.2, -0.15) is 0 Å². The second kappa shape index (κ2) is 8.06. The Hall–Kier alpha value is -2.20. The van der Waals surface area contributed by atoms with Gasteiger partial charge in [-0.3, -0.25) is 4.79 Å². The van der Waals surface area contributed by atoms with Crippen molar-refractivity contribution >= 4 is 23.2 Å². The summed E-state index contributed by atoms with van der Waals surface area (Å²) in [6, 6.07) is 10.9. The van der Waals surface area contributed by atoms with Crippen molar-refractivity contribution in [3.8, 4) is 11.5 Å². The number of benzene rings is 2. The fourth-order valence-corrected chi connectivity index (χ4v) is 2.49. The number of hydrogen-bond donors (Lipinski definition) is 1. The summed E-state index contributed by atoms with van der Waals surface area (Å²) in [4.78, 5) is 12.6. The van der Waals surface area contributed by atoms with Crippen LogP contribution in [0.15, 0.2) is 36.4 Å². The van der Waals surface area contributed by atoms with Gasteiger partial charge >= 0.3 is 0 Å². The molecular weight excluding hydrogens is 326 g/mol. The molecule has 128 valence electrons. The Kier molecular flexibility index (Phi) is 6.10. The lowest BCUT2D eigenvalue weighted by Crippen LogP contribution is -2.32. The Labute approximate surface area is 147 Å². The number of aryl methyl sites for hydroxylation is 1. The molecule has 0 radical (unpaired) electrons. The van der Waals surface area contributed by atoms with Gasteiger partial charge in [-0.15, -0.1) is 0 Å². The first-order chi connectivity index (χ1) is 11.5. The highest BCUT2D eigenvalue weighted by atomic mass is 35.5. The quantitative estimate of drug-likeness (QED) is 0.819. The zero-order valence-electron chi connectivity index (χ0n) is 14.4. The number of methoxy groups -OCH3 is 1. The van der Waals surface area contributed by atoms with E-state index < -0.39 is 6.10 Å². The topological polar surface area (TPSA) is 47.6 Å². The molecule has 0 spiro atoms. The summed E-state index contributed by atoms with van der Waals surface area (Å²) >= 11 is 6.00. The highest BCUT2D eigenvalue weighted by Crippen LogP contribution is 2.28. The molecular formula is C19H22ClNO3. The lowest BCUT2D eigenvalue weighted by molar-refractivity contribution is -0.122. The zero-order chi connectivity index (χ0) is 17.7. The van der Waals surface area contributed by atoms with Gasteiger partial charge in [0.25, 0.3) is 5.91 Å². The van der Waals surface area contributed by atoms with E-state index in [2.05, 4.69) is 5.32 Å². The van der Waals surface area contributed by atoms with Crippen molar-refractivity contribution in [2.24, 2.45) is 0 Å². The predicted octanol–water partition coefficient (Wildman–Crippen LogP) is 4.76. The molecule has 2 aromatic rings. The molecule has 2 rings (SSSR count). The van der Waals surface area contributed by atoms with E-state index in [1.54, 1.807) is 25.3 Å². The third-order valence-electron chi connectivity index (χ3n) is 3.91. The fraction of sp³-hybridized carbons (Fsp3) is 0.316. The molecule has 0 saturated carbocycles. The average molecular weight is 348 g/mol. The Morgan fingerprint density at radius 3 is 2.62 bits per heavy atom. The molecule has 24 heavy (non-hydrogen) atoms. The summed E-state index contributed by atoms with van der Waals surface area (Å²) in [5.74, 6) is 1.03. The third-order valence-corrected chi connectivity index (χ3v) is 4.14. The lowest BCUT2D eigenvalue weighted by Gasteiger charge is -2.20. The molecule has 5 heteroatoms. The summed E-state index contributed by atoms with van der Waals surface area (Å²) in [6.45, 7) is 5.90. The summed E-state index contributed by atoms with van der Waals surface area (Å²) in [6.07, 6.45) is -0.0589. The van der Waals surface area contributed by atoms with Crippen LogP contribution in [0.25, 0.3) is 0 Å². The minimum absolute atomic E-state index is 0.237. The first kappa shape index (κ1) is 18.1. The van der Waals surface area contributed by atoms with Crippen LogP contribution in [0, 0.1) is 13.8 Å². The molecule has 0 bridgehead atoms. The maximum atomic E-state index is 12.6. The number of carbonyl (C=O) groups is 1. The smallest absolute Gasteiger partial charge is 0.265 e. The fourth-order valence-electron chi connectivity index (χ4n) is 2.32. The van der Waals surface area contributed by atoms with Crippen molar-refractivity contribution in [2.75, 3.05) is 12.4 Å². The molecule has 0 aliphatic heterocycles. The molecule has 1 amide bonds. The Morgan fingerprint density at radius 1 is 1.21 bits per heavy atom. The first-order valence-electron chi connectivity index (χ1n) is 7.83. The van der Waals surface area contributed by atoms with E-state index in [0.29, 0.717) is 22.9 Å². The van der Waals surface area contributed by atoms with Gasteiger partial charge in [0.15, 0.2) is 6.10 Å². The second-order valence-corrected chi connectivity index (χ2v) is 5.98. The number of amides is 1. The van der Waals surface area contributed by atoms with Crippen LogP contribution in [0.5, 0.6) is 11.5 Å². The number of ether oxygens (including phenoxy) is 2. The van der Waals surface area contributed by atoms with Crippen LogP contribution < -0.4 is 14.8 Å². The van der Waals surface area contributed by atoms with Gasteiger partial charge in [-0.1, -0.05) is 30.7 Å². The van der Waals surface area contributed by atoms with Gasteiger partial charge in [0.1, 0.15) is 11.5 Å². The molecule has 0 aliphatic rings. The number of nitrogens with one attached hydrogen (secondary N) is 1. The molecule has 1 unspecified atom stereocenters. The van der Waals surface area contributed by atoms with Crippen LogP contribution in [0.4, 0.5) is 5.69 Å². The van der Waals surface area contributed by atoms with E-state index in [-0.39, 0.29) is 5.91 Å². The molecule has 1 N–H and O–H groups in total. The van der Waals surface area contributed by atoms with Gasteiger partial charge in [-0.05, 0) is 55.7 Å². The van der Waals surface area contributed by atoms with Crippen molar-refractivity contribution in [1.29, 1.82) is 0 Å². The monoisotopic (exact) mass is 347 g/mol. The van der Waals surface area contributed by atoms with E-state index in [1.165, 1.54) is 0 Å². The highest BCUT2D eigenvalue weighted by molar-refractivity contribution is 6.31. The summed E-state index contributed by atoms with van der Waals surface area (Å²) in [5.41, 5.74) is 2.68. The van der Waals surface area contributed by atoms with Crippen LogP contribution in [0.3, 0.4) is 0 Å². The lowest BCUT2D eigenvalue weighted by atomic mass is 10.1. The van der Waals surface area contributed by atoms with Gasteiger partial charge in [0, 0.05) is 5.02 Å². The molecule has 1 atom stereocenters. The molecule has 0 aliphatic carbocycles. The van der Waals surface area contributed by atoms with Crippen molar-refractivity contribution in [2.45, 2.75) is 33.3 Å². The Bertz CT molecular complexity index is 731. The van der Waals surface area contributed by atoms with Crippen molar-refractivity contribution in [1.82, 2.24) is 0 Å². The summed E-state index contributed by atoms with van der Waals surface area (Å²) in [5, 5.41) is 3.36. The van der Waals surface area contributed by atoms with Gasteiger partial charge < -0.3 is 14.8 Å². The summed E-state index contributed by atoms with van der Waals surface area (Å²) in [7, 11) is 1.54. The molecule has 4 nitrogen and oxygen atoms in total. The van der Waals surface area contributed by atoms with Crippen molar-refractivity contribution in [3.05, 3.63) is 52.5 Å². The Morgan fingerprint density at radius 2 is 1.96 bits per heavy atom. The first-order valence-corrected chi connectivity index (χ1v) is 8.21. The van der Waals surface area contributed by atoms with E-state index in [9.17, 15) is 4.79 Å². The minimum atomic E-state index is -0.603. The number of hydrogen-bond acceptors (Lipinski definition) is 3. The maximum absolute atomic E-state index is 12.6. The van der Waals surface area contributed by atoms with E-state index in [0.717, 1.165) is 16.9 Å². The van der Waals surface area contributed by atoms with E-state index >= 15 is 0 Å². The number of carbonyl (C=O) groups excluding carboxylic acids is 1. The highest BCUT2D eigenvalue weighted by Gasteiger charge is 2.21. The molecule has 0 heterocycles. The van der Waals surface area contributed by atoms with E-state index in [1.807, 2.05) is 39.0 Å². The Balaban J connectivity index is 2.17. The molecule has 0 fully saturated rings. The van der Waals surface area contributed by atoms with Crippen LogP contribution in [-0.2, 0) is 4.79 Å². The second-order valence-electron chi connectivity index (χ2n) is 5.55. The van der Waals surface area contributed by atoms with Crippen LogP contribution in [-0.4, -0.2) is 19.1 Å². The third kappa shape index (κ3) is 4.20. The number of halogens is 1. The van der Waals surface area contributed by atoms with Crippen LogP contribution >= 0.6 is 11.6 Å². The zero-order valence-corrected chi connectivity index (χ0v) is 15.1. The van der Waals surface area contributed by atoms with Crippen LogP contribution in [0.1, 0.15) is 24.5 Å². The average Bonchev–Trinajstić information content (AvgIpc) is 2.56. The van der Waals surface area contributed by atoms with Crippen molar-refractivity contribution < 1.29 is 14.3 Å². The SMILES string of the molecule is CCC(Oc1cccc(C)c1C)C(=O)Nc1cc(Cl)ccc1OC. The van der Waals surface area contributed by atoms with Gasteiger partial charge in [-0.25, -0.2) is 0 Å². The van der Waals surface area contributed by atoms with Crippen molar-refractivity contribution in [3.63, 3.8) is 0 Å². The molecule has 0 saturated heterocycles. The molecule has 2 aromatic carbocycles. The predicted molar refractivity (Wildman–Crippen MR) is 97.3 cm³/mol. The van der Waals surface area contributed by atoms with Gasteiger partial charge in [0.05, 0.1) is 12.8 Å². The standard InChI is InChI=1S/C19H22ClNO3/c1-5-16(24-17-8-6-7-12(2)13(17)3)19(22)21-15-11-14(20)9-10-18(15)23-4/h6-11,16H,5H2,1-4H3,(H,21,22).